The molecule has 0 aliphatic heterocycles. The topological polar surface area (TPSA) is 46.2 Å². The molecule has 3 N–H and O–H groups in total. The highest BCUT2D eigenvalue weighted by atomic mass is 16.3. The fourth-order valence-corrected chi connectivity index (χ4v) is 4.49. The minimum atomic E-state index is -0.0352. The molecule has 0 amide bonds. The van der Waals surface area contributed by atoms with E-state index in [0.717, 1.165) is 24.7 Å². The van der Waals surface area contributed by atoms with E-state index in [0.29, 0.717) is 11.5 Å². The molecule has 14 heavy (non-hydrogen) atoms. The molecule has 0 aromatic rings. The lowest BCUT2D eigenvalue weighted by Gasteiger charge is -2.46. The van der Waals surface area contributed by atoms with Crippen LogP contribution in [0.2, 0.25) is 0 Å². The van der Waals surface area contributed by atoms with Crippen LogP contribution in [0.4, 0.5) is 0 Å². The van der Waals surface area contributed by atoms with E-state index in [9.17, 15) is 5.11 Å². The van der Waals surface area contributed by atoms with Gasteiger partial charge in [-0.15, -0.1) is 0 Å². The van der Waals surface area contributed by atoms with E-state index < -0.39 is 0 Å². The molecular formula is C12H21NO. The van der Waals surface area contributed by atoms with E-state index in [1.54, 1.807) is 0 Å². The largest absolute Gasteiger partial charge is 0.393 e. The third-order valence-electron chi connectivity index (χ3n) is 5.34. The Hall–Kier alpha value is -0.0800. The van der Waals surface area contributed by atoms with Gasteiger partial charge in [0, 0.05) is 6.04 Å². The highest BCUT2D eigenvalue weighted by Crippen LogP contribution is 2.60. The molecule has 3 fully saturated rings. The van der Waals surface area contributed by atoms with Gasteiger partial charge in [0.15, 0.2) is 0 Å². The van der Waals surface area contributed by atoms with Crippen LogP contribution in [0.25, 0.3) is 0 Å². The summed E-state index contributed by atoms with van der Waals surface area (Å²) in [5.41, 5.74) is 6.84. The van der Waals surface area contributed by atoms with Gasteiger partial charge in [0.1, 0.15) is 0 Å². The van der Waals surface area contributed by atoms with E-state index in [2.05, 4.69) is 0 Å². The molecule has 0 heterocycles. The Labute approximate surface area is 85.9 Å². The van der Waals surface area contributed by atoms with Crippen molar-refractivity contribution in [1.29, 1.82) is 0 Å². The van der Waals surface area contributed by atoms with Crippen LogP contribution in [-0.2, 0) is 0 Å². The minimum absolute atomic E-state index is 0.0352. The lowest BCUT2D eigenvalue weighted by Crippen LogP contribution is -2.48. The zero-order valence-electron chi connectivity index (χ0n) is 8.78. The molecule has 0 radical (unpaired) electrons. The van der Waals surface area contributed by atoms with Gasteiger partial charge in [0.2, 0.25) is 0 Å². The third kappa shape index (κ3) is 1.04. The molecule has 2 unspecified atom stereocenters. The molecule has 80 valence electrons. The van der Waals surface area contributed by atoms with Crippen molar-refractivity contribution in [2.24, 2.45) is 23.0 Å². The van der Waals surface area contributed by atoms with E-state index in [4.69, 9.17) is 5.73 Å². The molecule has 3 saturated carbocycles. The highest BCUT2D eigenvalue weighted by molar-refractivity contribution is 5.09. The standard InChI is InChI=1S/C12H21NO/c13-11-8-1-2-9(7-8)12(11)5-3-10(14)4-6-12/h8-11,14H,1-7,13H2/t8?,9?,10?,11-,12?/m1/s1. The first kappa shape index (κ1) is 9.17. The van der Waals surface area contributed by atoms with E-state index in [1.807, 2.05) is 0 Å². The smallest absolute Gasteiger partial charge is 0.0540 e. The van der Waals surface area contributed by atoms with Gasteiger partial charge in [-0.05, 0) is 62.2 Å². The van der Waals surface area contributed by atoms with Crippen molar-refractivity contribution in [3.05, 3.63) is 0 Å². The number of nitrogens with two attached hydrogens (primary N) is 1. The predicted octanol–water partition coefficient (Wildman–Crippen LogP) is 1.66. The molecule has 1 spiro atoms. The van der Waals surface area contributed by atoms with Gasteiger partial charge in [-0.1, -0.05) is 0 Å². The van der Waals surface area contributed by atoms with Gasteiger partial charge in [-0.2, -0.15) is 0 Å². The maximum Gasteiger partial charge on any atom is 0.0540 e. The quantitative estimate of drug-likeness (QED) is 0.617. The Morgan fingerprint density at radius 2 is 1.79 bits per heavy atom. The van der Waals surface area contributed by atoms with Gasteiger partial charge in [0.25, 0.3) is 0 Å². The van der Waals surface area contributed by atoms with Crippen LogP contribution in [-0.4, -0.2) is 17.3 Å². The molecule has 0 aromatic carbocycles. The van der Waals surface area contributed by atoms with Gasteiger partial charge < -0.3 is 10.8 Å². The molecule has 2 bridgehead atoms. The SMILES string of the molecule is N[C@@H]1C2CCC(C2)C12CCC(O)CC2. The predicted molar refractivity (Wildman–Crippen MR) is 55.7 cm³/mol. The second-order valence-corrected chi connectivity index (χ2v) is 5.76. The van der Waals surface area contributed by atoms with Crippen LogP contribution in [0.5, 0.6) is 0 Å². The molecular weight excluding hydrogens is 174 g/mol. The Kier molecular flexibility index (Phi) is 1.94. The van der Waals surface area contributed by atoms with Crippen molar-refractivity contribution >= 4 is 0 Å². The summed E-state index contributed by atoms with van der Waals surface area (Å²) in [6.07, 6.45) is 8.51. The van der Waals surface area contributed by atoms with Gasteiger partial charge in [-0.25, -0.2) is 0 Å². The lowest BCUT2D eigenvalue weighted by molar-refractivity contribution is 0.0155. The number of aliphatic hydroxyl groups excluding tert-OH is 1. The first-order valence-corrected chi connectivity index (χ1v) is 6.16. The molecule has 3 aliphatic rings. The Morgan fingerprint density at radius 3 is 2.36 bits per heavy atom. The molecule has 3 rings (SSSR count). The summed E-state index contributed by atoms with van der Waals surface area (Å²) < 4.78 is 0. The van der Waals surface area contributed by atoms with Crippen molar-refractivity contribution in [3.63, 3.8) is 0 Å². The van der Waals surface area contributed by atoms with E-state index in [-0.39, 0.29) is 6.10 Å². The third-order valence-corrected chi connectivity index (χ3v) is 5.34. The van der Waals surface area contributed by atoms with Crippen molar-refractivity contribution in [3.8, 4) is 0 Å². The van der Waals surface area contributed by atoms with Crippen LogP contribution < -0.4 is 5.73 Å². The summed E-state index contributed by atoms with van der Waals surface area (Å²) in [6, 6.07) is 0.453. The van der Waals surface area contributed by atoms with Crippen LogP contribution in [0, 0.1) is 17.3 Å². The fraction of sp³-hybridized carbons (Fsp3) is 1.00. The number of rotatable bonds is 0. The Bertz CT molecular complexity index is 228. The maximum absolute atomic E-state index is 9.57. The monoisotopic (exact) mass is 195 g/mol. The maximum atomic E-state index is 9.57. The van der Waals surface area contributed by atoms with Gasteiger partial charge in [0.05, 0.1) is 6.10 Å². The molecule has 0 aromatic heterocycles. The minimum Gasteiger partial charge on any atom is -0.393 e. The zero-order chi connectivity index (χ0) is 9.76. The summed E-state index contributed by atoms with van der Waals surface area (Å²) >= 11 is 0. The number of aliphatic hydroxyl groups is 1. The van der Waals surface area contributed by atoms with Crippen molar-refractivity contribution < 1.29 is 5.11 Å². The summed E-state index contributed by atoms with van der Waals surface area (Å²) in [4.78, 5) is 0. The van der Waals surface area contributed by atoms with Crippen LogP contribution in [0.1, 0.15) is 44.9 Å². The summed E-state index contributed by atoms with van der Waals surface area (Å²) in [5.74, 6) is 1.71. The lowest BCUT2D eigenvalue weighted by atomic mass is 9.62. The Morgan fingerprint density at radius 1 is 1.07 bits per heavy atom. The molecule has 3 aliphatic carbocycles. The average molecular weight is 195 g/mol. The number of fused-ring (bicyclic) bond motifs is 3. The zero-order valence-corrected chi connectivity index (χ0v) is 8.78. The van der Waals surface area contributed by atoms with Crippen molar-refractivity contribution in [1.82, 2.24) is 0 Å². The first-order chi connectivity index (χ1) is 6.72. The second-order valence-electron chi connectivity index (χ2n) is 5.76. The van der Waals surface area contributed by atoms with Crippen LogP contribution >= 0.6 is 0 Å². The van der Waals surface area contributed by atoms with Crippen molar-refractivity contribution in [2.45, 2.75) is 57.1 Å². The number of hydrogen-bond donors (Lipinski definition) is 2. The molecule has 3 atom stereocenters. The van der Waals surface area contributed by atoms with Crippen molar-refractivity contribution in [2.75, 3.05) is 0 Å². The number of hydrogen-bond acceptors (Lipinski definition) is 2. The summed E-state index contributed by atoms with van der Waals surface area (Å²) in [7, 11) is 0. The van der Waals surface area contributed by atoms with Crippen LogP contribution in [0.15, 0.2) is 0 Å². The first-order valence-electron chi connectivity index (χ1n) is 6.16. The normalized spacial score (nSPS) is 57.0. The van der Waals surface area contributed by atoms with E-state index >= 15 is 0 Å². The Balaban J connectivity index is 1.83. The van der Waals surface area contributed by atoms with E-state index in [1.165, 1.54) is 32.1 Å². The summed E-state index contributed by atoms with van der Waals surface area (Å²) in [6.45, 7) is 0. The second kappa shape index (κ2) is 2.96. The molecule has 2 heteroatoms. The molecule has 2 nitrogen and oxygen atoms in total. The average Bonchev–Trinajstić information content (AvgIpc) is 2.75. The van der Waals surface area contributed by atoms with Gasteiger partial charge in [-0.3, -0.25) is 0 Å². The molecule has 0 saturated heterocycles. The fourth-order valence-electron chi connectivity index (χ4n) is 4.49. The van der Waals surface area contributed by atoms with Crippen LogP contribution in [0.3, 0.4) is 0 Å². The highest BCUT2D eigenvalue weighted by Gasteiger charge is 2.56. The summed E-state index contributed by atoms with van der Waals surface area (Å²) in [5, 5.41) is 9.57. The van der Waals surface area contributed by atoms with Gasteiger partial charge >= 0.3 is 0 Å².